The Morgan fingerprint density at radius 3 is 2.78 bits per heavy atom. The molecule has 0 bridgehead atoms. The van der Waals surface area contributed by atoms with Gasteiger partial charge in [0, 0.05) is 0 Å². The molecule has 0 aromatic rings. The van der Waals surface area contributed by atoms with Crippen molar-refractivity contribution in [3.8, 4) is 0 Å². The molecule has 0 amide bonds. The second-order valence-electron chi connectivity index (χ2n) is 1.63. The summed E-state index contributed by atoms with van der Waals surface area (Å²) in [7, 11) is 0. The number of nitrogens with two attached hydrogens (primary N) is 1. The Kier molecular flexibility index (Phi) is 4.88. The van der Waals surface area contributed by atoms with Crippen LogP contribution in [0.2, 0.25) is 0 Å². The Morgan fingerprint density at radius 1 is 1.89 bits per heavy atom. The molecule has 0 aromatic heterocycles. The molecule has 0 spiro atoms. The van der Waals surface area contributed by atoms with Gasteiger partial charge in [0.1, 0.15) is 6.23 Å². The van der Waals surface area contributed by atoms with Crippen molar-refractivity contribution in [2.24, 2.45) is 5.73 Å². The summed E-state index contributed by atoms with van der Waals surface area (Å²) >= 11 is -2.47. The maximum absolute atomic E-state index is 9.78. The van der Waals surface area contributed by atoms with Crippen LogP contribution in [-0.2, 0) is 15.5 Å². The van der Waals surface area contributed by atoms with Gasteiger partial charge in [-0.3, -0.25) is 4.18 Å². The molecular formula is C4H10NO3S-. The molecule has 5 heteroatoms. The zero-order valence-corrected chi connectivity index (χ0v) is 6.02. The number of hydrogen-bond acceptors (Lipinski definition) is 4. The van der Waals surface area contributed by atoms with Gasteiger partial charge in [-0.1, -0.05) is 13.3 Å². The SMILES string of the molecule is CCCC(N)OS(=O)[O-]. The van der Waals surface area contributed by atoms with Crippen molar-refractivity contribution in [1.29, 1.82) is 0 Å². The molecule has 9 heavy (non-hydrogen) atoms. The van der Waals surface area contributed by atoms with Gasteiger partial charge in [0.25, 0.3) is 0 Å². The minimum Gasteiger partial charge on any atom is -0.750 e. The molecule has 0 radical (unpaired) electrons. The van der Waals surface area contributed by atoms with Crippen LogP contribution in [0.3, 0.4) is 0 Å². The van der Waals surface area contributed by atoms with Crippen LogP contribution in [0.25, 0.3) is 0 Å². The van der Waals surface area contributed by atoms with Crippen molar-refractivity contribution in [2.75, 3.05) is 0 Å². The Balaban J connectivity index is 3.26. The Bertz CT molecular complexity index is 97.8. The highest BCUT2D eigenvalue weighted by Gasteiger charge is 1.98. The zero-order chi connectivity index (χ0) is 7.28. The van der Waals surface area contributed by atoms with Crippen molar-refractivity contribution in [3.63, 3.8) is 0 Å². The van der Waals surface area contributed by atoms with E-state index in [9.17, 15) is 8.76 Å². The minimum absolute atomic E-state index is 0.563. The van der Waals surface area contributed by atoms with Crippen molar-refractivity contribution in [2.45, 2.75) is 26.0 Å². The molecule has 2 unspecified atom stereocenters. The van der Waals surface area contributed by atoms with E-state index in [1.165, 1.54) is 0 Å². The van der Waals surface area contributed by atoms with E-state index in [0.29, 0.717) is 6.42 Å². The normalized spacial score (nSPS) is 17.2. The van der Waals surface area contributed by atoms with E-state index in [2.05, 4.69) is 4.18 Å². The van der Waals surface area contributed by atoms with Gasteiger partial charge in [0.05, 0.1) is 11.4 Å². The summed E-state index contributed by atoms with van der Waals surface area (Å²) in [6.45, 7) is 1.90. The molecule has 56 valence electrons. The molecule has 0 heterocycles. The van der Waals surface area contributed by atoms with Crippen molar-refractivity contribution in [1.82, 2.24) is 0 Å². The lowest BCUT2D eigenvalue weighted by Gasteiger charge is -2.11. The summed E-state index contributed by atoms with van der Waals surface area (Å²) in [4.78, 5) is 0. The van der Waals surface area contributed by atoms with Gasteiger partial charge in [0.2, 0.25) is 0 Å². The fourth-order valence-electron chi connectivity index (χ4n) is 0.434. The first-order valence-electron chi connectivity index (χ1n) is 2.68. The van der Waals surface area contributed by atoms with Crippen LogP contribution in [0.15, 0.2) is 0 Å². The topological polar surface area (TPSA) is 75.4 Å². The van der Waals surface area contributed by atoms with Gasteiger partial charge >= 0.3 is 0 Å². The summed E-state index contributed by atoms with van der Waals surface area (Å²) in [6, 6.07) is 0. The van der Waals surface area contributed by atoms with Gasteiger partial charge < -0.3 is 10.3 Å². The first-order valence-corrected chi connectivity index (χ1v) is 3.68. The third kappa shape index (κ3) is 5.91. The molecule has 0 aliphatic rings. The van der Waals surface area contributed by atoms with Crippen molar-refractivity contribution < 1.29 is 12.9 Å². The lowest BCUT2D eigenvalue weighted by Crippen LogP contribution is -2.24. The molecule has 0 saturated heterocycles. The summed E-state index contributed by atoms with van der Waals surface area (Å²) < 4.78 is 23.7. The largest absolute Gasteiger partial charge is 0.750 e. The van der Waals surface area contributed by atoms with Crippen LogP contribution >= 0.6 is 0 Å². The molecule has 0 aliphatic carbocycles. The summed E-state index contributed by atoms with van der Waals surface area (Å²) in [5.74, 6) is 0. The molecule has 0 saturated carbocycles. The smallest absolute Gasteiger partial charge is 0.121 e. The van der Waals surface area contributed by atoms with Crippen LogP contribution < -0.4 is 5.73 Å². The predicted octanol–water partition coefficient (Wildman–Crippen LogP) is -0.118. The third-order valence-electron chi connectivity index (χ3n) is 0.775. The van der Waals surface area contributed by atoms with Gasteiger partial charge in [-0.15, -0.1) is 0 Å². The van der Waals surface area contributed by atoms with Crippen LogP contribution in [0, 0.1) is 0 Å². The number of hydrogen-bond donors (Lipinski definition) is 1. The van der Waals surface area contributed by atoms with Gasteiger partial charge in [0.15, 0.2) is 0 Å². The van der Waals surface area contributed by atoms with Crippen LogP contribution in [0.4, 0.5) is 0 Å². The van der Waals surface area contributed by atoms with E-state index in [-0.39, 0.29) is 0 Å². The van der Waals surface area contributed by atoms with Gasteiger partial charge in [-0.05, 0) is 6.42 Å². The highest BCUT2D eigenvalue weighted by atomic mass is 32.2. The predicted molar refractivity (Wildman–Crippen MR) is 32.9 cm³/mol. The molecule has 0 fully saturated rings. The summed E-state index contributed by atoms with van der Waals surface area (Å²) in [5, 5.41) is 0. The quantitative estimate of drug-likeness (QED) is 0.450. The van der Waals surface area contributed by atoms with E-state index in [0.717, 1.165) is 6.42 Å². The second-order valence-corrected chi connectivity index (χ2v) is 2.23. The molecule has 0 aliphatic heterocycles. The lowest BCUT2D eigenvalue weighted by atomic mass is 10.3. The van der Waals surface area contributed by atoms with Crippen molar-refractivity contribution >= 4 is 11.4 Å². The van der Waals surface area contributed by atoms with Crippen molar-refractivity contribution in [3.05, 3.63) is 0 Å². The molecule has 4 nitrogen and oxygen atoms in total. The average Bonchev–Trinajstić information content (AvgIpc) is 1.63. The summed E-state index contributed by atoms with van der Waals surface area (Å²) in [5.41, 5.74) is 5.17. The maximum Gasteiger partial charge on any atom is 0.121 e. The van der Waals surface area contributed by atoms with Crippen LogP contribution in [0.1, 0.15) is 19.8 Å². The number of rotatable bonds is 4. The van der Waals surface area contributed by atoms with Crippen LogP contribution in [0.5, 0.6) is 0 Å². The fourth-order valence-corrected chi connectivity index (χ4v) is 0.732. The van der Waals surface area contributed by atoms with E-state index in [4.69, 9.17) is 5.73 Å². The van der Waals surface area contributed by atoms with E-state index >= 15 is 0 Å². The lowest BCUT2D eigenvalue weighted by molar-refractivity contribution is 0.197. The van der Waals surface area contributed by atoms with E-state index < -0.39 is 17.6 Å². The zero-order valence-electron chi connectivity index (χ0n) is 5.20. The van der Waals surface area contributed by atoms with Gasteiger partial charge in [-0.2, -0.15) is 0 Å². The van der Waals surface area contributed by atoms with Gasteiger partial charge in [-0.25, -0.2) is 4.21 Å². The minimum atomic E-state index is -2.47. The molecular weight excluding hydrogens is 142 g/mol. The van der Waals surface area contributed by atoms with E-state index in [1.807, 2.05) is 6.92 Å². The first-order chi connectivity index (χ1) is 4.16. The first kappa shape index (κ1) is 9.03. The fraction of sp³-hybridized carbons (Fsp3) is 1.00. The van der Waals surface area contributed by atoms with E-state index in [1.54, 1.807) is 0 Å². The Morgan fingerprint density at radius 2 is 2.44 bits per heavy atom. The second kappa shape index (κ2) is 4.87. The standard InChI is InChI=1S/C4H11NO3S/c1-2-3-4(5)8-9(6)7/h4H,2-3,5H2,1H3,(H,6,7)/p-1. The Labute approximate surface area is 56.9 Å². The maximum atomic E-state index is 9.78. The molecule has 0 aromatic carbocycles. The molecule has 2 atom stereocenters. The highest BCUT2D eigenvalue weighted by molar-refractivity contribution is 7.74. The Hall–Kier alpha value is 0.0300. The monoisotopic (exact) mass is 152 g/mol. The summed E-state index contributed by atoms with van der Waals surface area (Å²) in [6.07, 6.45) is 0.708. The average molecular weight is 152 g/mol. The molecule has 2 N–H and O–H groups in total. The molecule has 0 rings (SSSR count). The third-order valence-corrected chi connectivity index (χ3v) is 1.18. The van der Waals surface area contributed by atoms with Crippen LogP contribution in [-0.4, -0.2) is 15.0 Å². The highest BCUT2D eigenvalue weighted by Crippen LogP contribution is 1.95.